The van der Waals surface area contributed by atoms with Crippen LogP contribution in [0.1, 0.15) is 25.0 Å². The standard InChI is InChI=1S/C24H19F6N5O2S/c1-22(2,13-36)35(21(38)33(3)16-5-4-14(10-31)19(9-16)24(28,29)30)17-6-7-18-15(8-17)11-32-34(20(18)37)12-23(25,26)27/h4-9,11,13H,12H2,1-3H3. The summed E-state index contributed by atoms with van der Waals surface area (Å²) >= 11 is 5.54. The van der Waals surface area contributed by atoms with E-state index in [4.69, 9.17) is 17.5 Å². The van der Waals surface area contributed by atoms with Crippen molar-refractivity contribution in [2.45, 2.75) is 38.3 Å². The number of nitriles is 1. The second-order valence-electron chi connectivity index (χ2n) is 8.78. The molecule has 0 amide bonds. The third-order valence-corrected chi connectivity index (χ3v) is 6.04. The third kappa shape index (κ3) is 5.77. The van der Waals surface area contributed by atoms with Crippen LogP contribution in [0.15, 0.2) is 47.4 Å². The topological polar surface area (TPSA) is 82.2 Å². The van der Waals surface area contributed by atoms with Crippen molar-refractivity contribution in [3.63, 3.8) is 0 Å². The number of hydrogen-bond donors (Lipinski definition) is 0. The molecule has 2 aromatic carbocycles. The molecule has 200 valence electrons. The number of thiocarbonyl (C=S) groups is 1. The SMILES string of the molecule is CN(C(=S)N(c1ccc2c(=O)n(CC(F)(F)F)ncc2c1)C(C)(C)C=O)c1ccc(C#N)c(C(F)(F)F)c1. The van der Waals surface area contributed by atoms with Crippen LogP contribution in [0.4, 0.5) is 37.7 Å². The summed E-state index contributed by atoms with van der Waals surface area (Å²) < 4.78 is 79.0. The molecule has 0 saturated heterocycles. The first-order valence-corrected chi connectivity index (χ1v) is 11.1. The van der Waals surface area contributed by atoms with E-state index in [0.717, 1.165) is 18.3 Å². The largest absolute Gasteiger partial charge is 0.417 e. The molecule has 0 aliphatic carbocycles. The zero-order valence-corrected chi connectivity index (χ0v) is 20.9. The highest BCUT2D eigenvalue weighted by Crippen LogP contribution is 2.35. The van der Waals surface area contributed by atoms with Crippen LogP contribution < -0.4 is 15.4 Å². The first kappa shape index (κ1) is 28.6. The van der Waals surface area contributed by atoms with Crippen molar-refractivity contribution in [2.75, 3.05) is 16.8 Å². The maximum absolute atomic E-state index is 13.5. The molecule has 3 rings (SSSR count). The van der Waals surface area contributed by atoms with Crippen molar-refractivity contribution in [2.24, 2.45) is 0 Å². The molecular formula is C24H19F6N5O2S. The molecule has 0 bridgehead atoms. The van der Waals surface area contributed by atoms with Gasteiger partial charge in [0.1, 0.15) is 12.8 Å². The highest BCUT2D eigenvalue weighted by atomic mass is 32.1. The fourth-order valence-electron chi connectivity index (χ4n) is 3.67. The Balaban J connectivity index is 2.10. The number of rotatable bonds is 5. The minimum absolute atomic E-state index is 0.0227. The number of nitrogens with zero attached hydrogens (tertiary/aromatic N) is 5. The predicted molar refractivity (Wildman–Crippen MR) is 132 cm³/mol. The number of benzene rings is 2. The van der Waals surface area contributed by atoms with Crippen molar-refractivity contribution in [1.82, 2.24) is 9.78 Å². The summed E-state index contributed by atoms with van der Waals surface area (Å²) in [6, 6.07) is 8.50. The summed E-state index contributed by atoms with van der Waals surface area (Å²) in [6.07, 6.45) is -7.86. The first-order chi connectivity index (χ1) is 17.5. The van der Waals surface area contributed by atoms with Gasteiger partial charge in [0, 0.05) is 23.8 Å². The van der Waals surface area contributed by atoms with Crippen molar-refractivity contribution in [3.05, 3.63) is 64.1 Å². The van der Waals surface area contributed by atoms with E-state index in [2.05, 4.69) is 5.10 Å². The average Bonchev–Trinajstić information content (AvgIpc) is 2.83. The van der Waals surface area contributed by atoms with Crippen LogP contribution in [0.5, 0.6) is 0 Å². The normalized spacial score (nSPS) is 12.2. The van der Waals surface area contributed by atoms with Gasteiger partial charge in [-0.3, -0.25) is 4.79 Å². The fourth-order valence-corrected chi connectivity index (χ4v) is 4.12. The molecule has 0 fully saturated rings. The Morgan fingerprint density at radius 3 is 2.29 bits per heavy atom. The Hall–Kier alpha value is -3.99. The second-order valence-corrected chi connectivity index (χ2v) is 9.15. The monoisotopic (exact) mass is 555 g/mol. The lowest BCUT2D eigenvalue weighted by atomic mass is 10.0. The highest BCUT2D eigenvalue weighted by Gasteiger charge is 2.36. The second kappa shape index (κ2) is 10.1. The molecule has 0 unspecified atom stereocenters. The van der Waals surface area contributed by atoms with Crippen LogP contribution in [0.25, 0.3) is 10.8 Å². The van der Waals surface area contributed by atoms with Crippen LogP contribution in [0.3, 0.4) is 0 Å². The van der Waals surface area contributed by atoms with E-state index in [1.165, 1.54) is 61.0 Å². The van der Waals surface area contributed by atoms with E-state index in [1.54, 1.807) is 0 Å². The van der Waals surface area contributed by atoms with Gasteiger partial charge >= 0.3 is 12.4 Å². The van der Waals surface area contributed by atoms with E-state index in [0.29, 0.717) is 6.29 Å². The Morgan fingerprint density at radius 2 is 1.74 bits per heavy atom. The number of anilines is 2. The smallest absolute Gasteiger partial charge is 0.322 e. The van der Waals surface area contributed by atoms with Gasteiger partial charge in [0.25, 0.3) is 5.56 Å². The maximum atomic E-state index is 13.5. The Morgan fingerprint density at radius 1 is 1.11 bits per heavy atom. The van der Waals surface area contributed by atoms with Crippen molar-refractivity contribution in [3.8, 4) is 6.07 Å². The van der Waals surface area contributed by atoms with E-state index < -0.39 is 41.1 Å². The quantitative estimate of drug-likeness (QED) is 0.248. The average molecular weight is 556 g/mol. The van der Waals surface area contributed by atoms with Gasteiger partial charge in [-0.2, -0.15) is 36.7 Å². The molecule has 1 heterocycles. The Bertz CT molecular complexity index is 1510. The van der Waals surface area contributed by atoms with Crippen molar-refractivity contribution in [1.29, 1.82) is 5.26 Å². The van der Waals surface area contributed by atoms with Crippen molar-refractivity contribution < 1.29 is 31.1 Å². The summed E-state index contributed by atoms with van der Waals surface area (Å²) in [7, 11) is 1.37. The number of aromatic nitrogens is 2. The molecule has 0 aliphatic rings. The number of fused-ring (bicyclic) bond motifs is 1. The number of aldehydes is 1. The summed E-state index contributed by atoms with van der Waals surface area (Å²) in [5, 5.41) is 12.6. The van der Waals surface area contributed by atoms with Gasteiger partial charge in [-0.1, -0.05) is 0 Å². The highest BCUT2D eigenvalue weighted by molar-refractivity contribution is 7.80. The van der Waals surface area contributed by atoms with Gasteiger partial charge in [-0.25, -0.2) is 4.68 Å². The van der Waals surface area contributed by atoms with Crippen LogP contribution in [0.2, 0.25) is 0 Å². The molecule has 0 spiro atoms. The molecule has 7 nitrogen and oxygen atoms in total. The Kier molecular flexibility index (Phi) is 7.56. The maximum Gasteiger partial charge on any atom is 0.417 e. The molecule has 0 radical (unpaired) electrons. The van der Waals surface area contributed by atoms with Gasteiger partial charge in [-0.15, -0.1) is 0 Å². The number of hydrogen-bond acceptors (Lipinski definition) is 5. The molecular weight excluding hydrogens is 536 g/mol. The number of carbonyl (C=O) groups excluding carboxylic acids is 1. The van der Waals surface area contributed by atoms with Crippen LogP contribution in [-0.4, -0.2) is 39.9 Å². The fraction of sp³-hybridized carbons (Fsp3) is 0.292. The van der Waals surface area contributed by atoms with Gasteiger partial charge in [0.15, 0.2) is 5.11 Å². The summed E-state index contributed by atoms with van der Waals surface area (Å²) in [5.74, 6) is 0. The molecule has 0 N–H and O–H groups in total. The van der Waals surface area contributed by atoms with Crippen LogP contribution in [-0.2, 0) is 17.5 Å². The van der Waals surface area contributed by atoms with E-state index in [9.17, 15) is 35.9 Å². The lowest BCUT2D eigenvalue weighted by molar-refractivity contribution is -0.143. The van der Waals surface area contributed by atoms with E-state index in [1.807, 2.05) is 0 Å². The number of carbonyl (C=O) groups is 1. The lowest BCUT2D eigenvalue weighted by Gasteiger charge is -2.39. The molecule has 0 aliphatic heterocycles. The van der Waals surface area contributed by atoms with Gasteiger partial charge in [0.05, 0.1) is 34.3 Å². The Labute approximate surface area is 217 Å². The lowest BCUT2D eigenvalue weighted by Crippen LogP contribution is -2.54. The number of halogens is 6. The first-order valence-electron chi connectivity index (χ1n) is 10.7. The number of alkyl halides is 6. The van der Waals surface area contributed by atoms with Crippen LogP contribution in [0, 0.1) is 11.3 Å². The molecule has 1 aromatic heterocycles. The minimum atomic E-state index is -4.81. The molecule has 38 heavy (non-hydrogen) atoms. The molecule has 0 atom stereocenters. The summed E-state index contributed by atoms with van der Waals surface area (Å²) in [5.41, 5.74) is -3.87. The van der Waals surface area contributed by atoms with Crippen LogP contribution >= 0.6 is 12.2 Å². The predicted octanol–water partition coefficient (Wildman–Crippen LogP) is 5.05. The van der Waals surface area contributed by atoms with E-state index >= 15 is 0 Å². The third-order valence-electron chi connectivity index (χ3n) is 5.58. The van der Waals surface area contributed by atoms with Gasteiger partial charge in [-0.05, 0) is 62.5 Å². The summed E-state index contributed by atoms with van der Waals surface area (Å²) in [4.78, 5) is 27.0. The molecule has 0 saturated carbocycles. The minimum Gasteiger partial charge on any atom is -0.322 e. The van der Waals surface area contributed by atoms with Gasteiger partial charge < -0.3 is 14.6 Å². The van der Waals surface area contributed by atoms with E-state index in [-0.39, 0.29) is 31.9 Å². The summed E-state index contributed by atoms with van der Waals surface area (Å²) in [6.45, 7) is 1.40. The zero-order valence-electron chi connectivity index (χ0n) is 20.1. The molecule has 14 heteroatoms. The van der Waals surface area contributed by atoms with Gasteiger partial charge in [0.2, 0.25) is 0 Å². The zero-order chi connectivity index (χ0) is 28.6. The molecule has 3 aromatic rings. The van der Waals surface area contributed by atoms with Crippen molar-refractivity contribution >= 4 is 45.8 Å².